The van der Waals surface area contributed by atoms with Gasteiger partial charge in [0.05, 0.1) is 24.4 Å². The van der Waals surface area contributed by atoms with Crippen LogP contribution in [-0.2, 0) is 6.54 Å². The number of aryl methyl sites for hydroxylation is 2. The maximum Gasteiger partial charge on any atom is 0.271 e. The Kier molecular flexibility index (Phi) is 4.60. The monoisotopic (exact) mass is 380 g/mol. The van der Waals surface area contributed by atoms with E-state index in [0.29, 0.717) is 28.4 Å². The Morgan fingerprint density at radius 1 is 1.36 bits per heavy atom. The summed E-state index contributed by atoms with van der Waals surface area (Å²) >= 11 is 0. The van der Waals surface area contributed by atoms with Gasteiger partial charge in [-0.3, -0.25) is 4.79 Å². The largest absolute Gasteiger partial charge is 0.493 e. The van der Waals surface area contributed by atoms with Crippen molar-refractivity contribution < 1.29 is 19.0 Å². The lowest BCUT2D eigenvalue weighted by Crippen LogP contribution is -2.17. The van der Waals surface area contributed by atoms with E-state index in [0.717, 1.165) is 23.4 Å². The quantitative estimate of drug-likeness (QED) is 0.543. The molecule has 0 fully saturated rings. The number of hydrazone groups is 1. The van der Waals surface area contributed by atoms with Gasteiger partial charge in [-0.05, 0) is 44.2 Å². The van der Waals surface area contributed by atoms with Crippen molar-refractivity contribution in [3.05, 3.63) is 47.3 Å². The number of amides is 1. The summed E-state index contributed by atoms with van der Waals surface area (Å²) in [6.07, 6.45) is 1.52. The second kappa shape index (κ2) is 7.22. The summed E-state index contributed by atoms with van der Waals surface area (Å²) in [7, 11) is 1.55. The smallest absolute Gasteiger partial charge is 0.271 e. The molecule has 0 unspecified atom stereocenters. The van der Waals surface area contributed by atoms with E-state index in [9.17, 15) is 4.79 Å². The van der Waals surface area contributed by atoms with Crippen molar-refractivity contribution in [2.24, 2.45) is 5.10 Å². The van der Waals surface area contributed by atoms with E-state index < -0.39 is 0 Å². The summed E-state index contributed by atoms with van der Waals surface area (Å²) in [5.74, 6) is 2.31. The average molecular weight is 380 g/mol. The molecule has 2 aromatic carbocycles. The summed E-state index contributed by atoms with van der Waals surface area (Å²) < 4.78 is 18.1. The highest BCUT2D eigenvalue weighted by atomic mass is 16.7. The molecule has 1 aliphatic rings. The first-order valence-electron chi connectivity index (χ1n) is 8.88. The van der Waals surface area contributed by atoms with Crippen LogP contribution in [0, 0.1) is 6.92 Å². The summed E-state index contributed by atoms with van der Waals surface area (Å²) in [4.78, 5) is 16.9. The normalized spacial score (nSPS) is 12.7. The molecule has 8 nitrogen and oxygen atoms in total. The van der Waals surface area contributed by atoms with Crippen molar-refractivity contribution in [2.75, 3.05) is 13.9 Å². The Hall–Kier alpha value is -3.55. The van der Waals surface area contributed by atoms with Gasteiger partial charge in [0.1, 0.15) is 5.82 Å². The highest BCUT2D eigenvalue weighted by Gasteiger charge is 2.19. The number of rotatable bonds is 5. The van der Waals surface area contributed by atoms with Gasteiger partial charge < -0.3 is 18.8 Å². The third-order valence-corrected chi connectivity index (χ3v) is 4.58. The molecule has 144 valence electrons. The van der Waals surface area contributed by atoms with Crippen molar-refractivity contribution in [1.29, 1.82) is 0 Å². The number of benzene rings is 2. The fourth-order valence-electron chi connectivity index (χ4n) is 3.25. The summed E-state index contributed by atoms with van der Waals surface area (Å²) in [6, 6.07) is 8.97. The molecule has 0 bridgehead atoms. The predicted molar refractivity (Wildman–Crippen MR) is 104 cm³/mol. The number of aromatic nitrogens is 2. The molecule has 0 radical (unpaired) electrons. The molecule has 1 aliphatic heterocycles. The summed E-state index contributed by atoms with van der Waals surface area (Å²) in [6.45, 7) is 5.00. The number of methoxy groups -OCH3 is 1. The summed E-state index contributed by atoms with van der Waals surface area (Å²) in [5, 5.41) is 4.04. The van der Waals surface area contributed by atoms with Crippen LogP contribution >= 0.6 is 0 Å². The SMILES string of the molecule is CCn1c(C)nc2cc(C(=O)N/N=C\c3cc(OC)c4c(c3)OCO4)ccc21. The van der Waals surface area contributed by atoms with Crippen LogP contribution in [0.2, 0.25) is 0 Å². The van der Waals surface area contributed by atoms with Crippen molar-refractivity contribution in [3.8, 4) is 17.2 Å². The second-order valence-electron chi connectivity index (χ2n) is 6.26. The minimum atomic E-state index is -0.311. The molecule has 4 rings (SSSR count). The maximum absolute atomic E-state index is 12.4. The van der Waals surface area contributed by atoms with E-state index >= 15 is 0 Å². The van der Waals surface area contributed by atoms with Gasteiger partial charge in [0.15, 0.2) is 11.5 Å². The zero-order valence-electron chi connectivity index (χ0n) is 15.9. The van der Waals surface area contributed by atoms with Gasteiger partial charge in [-0.25, -0.2) is 10.4 Å². The van der Waals surface area contributed by atoms with Crippen LogP contribution in [0.4, 0.5) is 0 Å². The van der Waals surface area contributed by atoms with Crippen LogP contribution in [0.1, 0.15) is 28.7 Å². The Morgan fingerprint density at radius 3 is 3.00 bits per heavy atom. The van der Waals surface area contributed by atoms with Gasteiger partial charge in [-0.1, -0.05) is 0 Å². The van der Waals surface area contributed by atoms with Crippen molar-refractivity contribution in [3.63, 3.8) is 0 Å². The van der Waals surface area contributed by atoms with Crippen LogP contribution in [0.15, 0.2) is 35.4 Å². The zero-order valence-corrected chi connectivity index (χ0v) is 15.9. The first-order valence-corrected chi connectivity index (χ1v) is 8.88. The fraction of sp³-hybridized carbons (Fsp3) is 0.250. The number of fused-ring (bicyclic) bond motifs is 2. The number of nitrogens with zero attached hydrogens (tertiary/aromatic N) is 3. The number of carbonyl (C=O) groups is 1. The zero-order chi connectivity index (χ0) is 19.7. The lowest BCUT2D eigenvalue weighted by molar-refractivity contribution is 0.0955. The van der Waals surface area contributed by atoms with Crippen LogP contribution in [0.25, 0.3) is 11.0 Å². The number of hydrogen-bond acceptors (Lipinski definition) is 6. The molecule has 1 aromatic heterocycles. The highest BCUT2D eigenvalue weighted by Crippen LogP contribution is 2.41. The molecule has 28 heavy (non-hydrogen) atoms. The minimum Gasteiger partial charge on any atom is -0.493 e. The predicted octanol–water partition coefficient (Wildman–Crippen LogP) is 2.87. The first kappa shape index (κ1) is 17.8. The van der Waals surface area contributed by atoms with E-state index in [1.165, 1.54) is 6.21 Å². The standard InChI is InChI=1S/C20H20N4O4/c1-4-24-12(2)22-15-9-14(5-6-16(15)24)20(25)23-21-10-13-7-17(26-3)19-18(8-13)27-11-28-19/h5-10H,4,11H2,1-3H3,(H,23,25)/b21-10-. The third kappa shape index (κ3) is 3.13. The molecule has 0 saturated carbocycles. The average Bonchev–Trinajstić information content (AvgIpc) is 3.29. The number of nitrogens with one attached hydrogen (secondary N) is 1. The van der Waals surface area contributed by atoms with Crippen molar-refractivity contribution in [2.45, 2.75) is 20.4 Å². The topological polar surface area (TPSA) is 87.0 Å². The number of carbonyl (C=O) groups excluding carboxylic acids is 1. The number of imidazole rings is 1. The fourth-order valence-corrected chi connectivity index (χ4v) is 3.25. The van der Waals surface area contributed by atoms with Gasteiger partial charge in [-0.2, -0.15) is 5.10 Å². The van der Waals surface area contributed by atoms with Gasteiger partial charge in [-0.15, -0.1) is 0 Å². The Balaban J connectivity index is 1.51. The van der Waals surface area contributed by atoms with Crippen LogP contribution in [-0.4, -0.2) is 35.6 Å². The van der Waals surface area contributed by atoms with Crippen LogP contribution < -0.4 is 19.6 Å². The Bertz CT molecular complexity index is 1090. The van der Waals surface area contributed by atoms with E-state index in [-0.39, 0.29) is 12.7 Å². The third-order valence-electron chi connectivity index (χ3n) is 4.58. The van der Waals surface area contributed by atoms with Crippen LogP contribution in [0.5, 0.6) is 17.2 Å². The highest BCUT2D eigenvalue weighted by molar-refractivity contribution is 5.98. The van der Waals surface area contributed by atoms with E-state index in [1.54, 1.807) is 31.4 Å². The van der Waals surface area contributed by atoms with Gasteiger partial charge >= 0.3 is 0 Å². The molecule has 0 saturated heterocycles. The van der Waals surface area contributed by atoms with Gasteiger partial charge in [0.2, 0.25) is 12.5 Å². The molecular formula is C20H20N4O4. The van der Waals surface area contributed by atoms with Gasteiger partial charge in [0.25, 0.3) is 5.91 Å². The van der Waals surface area contributed by atoms with E-state index in [1.807, 2.05) is 13.0 Å². The molecule has 0 spiro atoms. The first-order chi connectivity index (χ1) is 13.6. The maximum atomic E-state index is 12.4. The molecule has 8 heteroatoms. The van der Waals surface area contributed by atoms with Crippen molar-refractivity contribution >= 4 is 23.2 Å². The Labute approximate surface area is 161 Å². The Morgan fingerprint density at radius 2 is 2.21 bits per heavy atom. The number of hydrogen-bond donors (Lipinski definition) is 1. The van der Waals surface area contributed by atoms with Gasteiger partial charge in [0, 0.05) is 17.7 Å². The van der Waals surface area contributed by atoms with Crippen molar-refractivity contribution in [1.82, 2.24) is 15.0 Å². The van der Waals surface area contributed by atoms with E-state index in [2.05, 4.69) is 27.0 Å². The molecule has 1 amide bonds. The molecule has 1 N–H and O–H groups in total. The van der Waals surface area contributed by atoms with E-state index in [4.69, 9.17) is 14.2 Å². The lowest BCUT2D eigenvalue weighted by atomic mass is 10.2. The number of ether oxygens (including phenoxy) is 3. The molecule has 0 aliphatic carbocycles. The summed E-state index contributed by atoms with van der Waals surface area (Å²) in [5.41, 5.74) is 5.54. The minimum absolute atomic E-state index is 0.152. The second-order valence-corrected chi connectivity index (χ2v) is 6.26. The molecule has 3 aromatic rings. The van der Waals surface area contributed by atoms with Crippen LogP contribution in [0.3, 0.4) is 0 Å². The molecular weight excluding hydrogens is 360 g/mol. The lowest BCUT2D eigenvalue weighted by Gasteiger charge is -2.05. The molecule has 2 heterocycles. The molecule has 0 atom stereocenters.